The second kappa shape index (κ2) is 7.24. The van der Waals surface area contributed by atoms with Gasteiger partial charge in [-0.2, -0.15) is 4.72 Å². The first-order valence-electron chi connectivity index (χ1n) is 6.97. The Hall–Kier alpha value is -2.71. The largest absolute Gasteiger partial charge is 0.480 e. The first-order valence-corrected chi connectivity index (χ1v) is 8.46. The van der Waals surface area contributed by atoms with Gasteiger partial charge in [0.1, 0.15) is 6.54 Å². The molecule has 2 aromatic rings. The molecule has 7 nitrogen and oxygen atoms in total. The van der Waals surface area contributed by atoms with E-state index in [1.807, 2.05) is 23.8 Å². The number of benzene rings is 2. The maximum absolute atomic E-state index is 12.1. The fraction of sp³-hybridized carbons (Fsp3) is 0.125. The maximum atomic E-state index is 12.1. The van der Waals surface area contributed by atoms with E-state index in [1.165, 1.54) is 24.3 Å². The number of anilines is 1. The van der Waals surface area contributed by atoms with Crippen LogP contribution in [0.15, 0.2) is 53.4 Å². The fourth-order valence-electron chi connectivity index (χ4n) is 1.87. The predicted octanol–water partition coefficient (Wildman–Crippen LogP) is 1.61. The lowest BCUT2D eigenvalue weighted by atomic mass is 10.1. The summed E-state index contributed by atoms with van der Waals surface area (Å²) in [5.41, 5.74) is 1.95. The number of carboxylic acids is 1. The monoisotopic (exact) mass is 348 g/mol. The highest BCUT2D eigenvalue weighted by atomic mass is 32.2. The van der Waals surface area contributed by atoms with Crippen LogP contribution in [0.1, 0.15) is 15.9 Å². The van der Waals surface area contributed by atoms with E-state index in [0.717, 1.165) is 5.56 Å². The molecule has 1 amide bonds. The van der Waals surface area contributed by atoms with Gasteiger partial charge in [-0.3, -0.25) is 9.59 Å². The fourth-order valence-corrected chi connectivity index (χ4v) is 2.84. The summed E-state index contributed by atoms with van der Waals surface area (Å²) in [5, 5.41) is 11.2. The van der Waals surface area contributed by atoms with Crippen molar-refractivity contribution in [2.24, 2.45) is 0 Å². The van der Waals surface area contributed by atoms with Crippen molar-refractivity contribution >= 4 is 27.6 Å². The van der Waals surface area contributed by atoms with E-state index in [4.69, 9.17) is 5.11 Å². The molecule has 0 saturated carbocycles. The molecule has 0 unspecified atom stereocenters. The Labute approximate surface area is 139 Å². The molecule has 0 saturated heterocycles. The molecule has 126 valence electrons. The van der Waals surface area contributed by atoms with Crippen molar-refractivity contribution in [1.82, 2.24) is 4.72 Å². The average Bonchev–Trinajstić information content (AvgIpc) is 2.54. The smallest absolute Gasteiger partial charge is 0.318 e. The molecular formula is C16H16N2O5S. The molecule has 0 radical (unpaired) electrons. The maximum Gasteiger partial charge on any atom is 0.318 e. The van der Waals surface area contributed by atoms with Gasteiger partial charge in [0.15, 0.2) is 0 Å². The summed E-state index contributed by atoms with van der Waals surface area (Å²) in [4.78, 5) is 22.4. The molecule has 0 spiro atoms. The highest BCUT2D eigenvalue weighted by Gasteiger charge is 2.15. The van der Waals surface area contributed by atoms with Crippen molar-refractivity contribution in [1.29, 1.82) is 0 Å². The lowest BCUT2D eigenvalue weighted by Crippen LogP contribution is -2.29. The highest BCUT2D eigenvalue weighted by Crippen LogP contribution is 2.15. The van der Waals surface area contributed by atoms with Gasteiger partial charge in [-0.15, -0.1) is 0 Å². The summed E-state index contributed by atoms with van der Waals surface area (Å²) in [7, 11) is -3.90. The molecule has 0 aliphatic heterocycles. The molecule has 2 aromatic carbocycles. The number of carbonyl (C=O) groups is 2. The van der Waals surface area contributed by atoms with Crippen LogP contribution in [0, 0.1) is 6.92 Å². The summed E-state index contributed by atoms with van der Waals surface area (Å²) in [6, 6.07) is 12.5. The summed E-state index contributed by atoms with van der Waals surface area (Å²) in [6.45, 7) is 1.22. The Bertz CT molecular complexity index is 843. The first kappa shape index (κ1) is 17.6. The minimum absolute atomic E-state index is 0.0860. The molecule has 8 heteroatoms. The summed E-state index contributed by atoms with van der Waals surface area (Å²) in [6.07, 6.45) is 0. The van der Waals surface area contributed by atoms with E-state index in [1.54, 1.807) is 12.1 Å². The third-order valence-corrected chi connectivity index (χ3v) is 4.57. The predicted molar refractivity (Wildman–Crippen MR) is 88.4 cm³/mol. The van der Waals surface area contributed by atoms with Gasteiger partial charge in [0.25, 0.3) is 5.91 Å². The van der Waals surface area contributed by atoms with Crippen LogP contribution in [0.4, 0.5) is 5.69 Å². The third kappa shape index (κ3) is 4.64. The zero-order valence-electron chi connectivity index (χ0n) is 12.8. The normalized spacial score (nSPS) is 11.0. The number of nitrogens with one attached hydrogen (secondary N) is 2. The third-order valence-electron chi connectivity index (χ3n) is 3.15. The zero-order valence-corrected chi connectivity index (χ0v) is 13.6. The van der Waals surface area contributed by atoms with Crippen LogP contribution in [0.5, 0.6) is 0 Å². The van der Waals surface area contributed by atoms with Crippen LogP contribution in [-0.2, 0) is 14.8 Å². The summed E-state index contributed by atoms with van der Waals surface area (Å²) in [5.74, 6) is -1.59. The van der Waals surface area contributed by atoms with Gasteiger partial charge in [-0.1, -0.05) is 17.7 Å². The lowest BCUT2D eigenvalue weighted by molar-refractivity contribution is -0.135. The number of hydrogen-bond donors (Lipinski definition) is 3. The van der Waals surface area contributed by atoms with Gasteiger partial charge in [0, 0.05) is 11.3 Å². The van der Waals surface area contributed by atoms with E-state index in [9.17, 15) is 18.0 Å². The van der Waals surface area contributed by atoms with Gasteiger partial charge in [-0.25, -0.2) is 8.42 Å². The van der Waals surface area contributed by atoms with Crippen LogP contribution in [0.3, 0.4) is 0 Å². The van der Waals surface area contributed by atoms with Crippen molar-refractivity contribution in [3.05, 3.63) is 59.7 Å². The van der Waals surface area contributed by atoms with Gasteiger partial charge < -0.3 is 10.4 Å². The molecule has 0 aliphatic carbocycles. The molecule has 0 aromatic heterocycles. The molecule has 24 heavy (non-hydrogen) atoms. The molecule has 0 bridgehead atoms. The van der Waals surface area contributed by atoms with Gasteiger partial charge in [0.2, 0.25) is 10.0 Å². The van der Waals surface area contributed by atoms with E-state index in [0.29, 0.717) is 11.3 Å². The van der Waals surface area contributed by atoms with Crippen LogP contribution >= 0.6 is 0 Å². The SMILES string of the molecule is Cc1ccc(C(=O)Nc2ccc(S(=O)(=O)NCC(=O)O)cc2)cc1. The standard InChI is InChI=1S/C16H16N2O5S/c1-11-2-4-12(5-3-11)16(21)18-13-6-8-14(9-7-13)24(22,23)17-10-15(19)20/h2-9,17H,10H2,1H3,(H,18,21)(H,19,20). The Kier molecular flexibility index (Phi) is 5.32. The van der Waals surface area contributed by atoms with E-state index in [-0.39, 0.29) is 10.8 Å². The second-order valence-corrected chi connectivity index (χ2v) is 6.83. The Morgan fingerprint density at radius 3 is 2.12 bits per heavy atom. The lowest BCUT2D eigenvalue weighted by Gasteiger charge is -2.08. The number of sulfonamides is 1. The minimum Gasteiger partial charge on any atom is -0.480 e. The molecule has 0 aliphatic rings. The van der Waals surface area contributed by atoms with Crippen LogP contribution in [0.25, 0.3) is 0 Å². The number of carboxylic acid groups (broad SMARTS) is 1. The van der Waals surface area contributed by atoms with Gasteiger partial charge in [-0.05, 0) is 43.3 Å². The number of rotatable bonds is 6. The first-order chi connectivity index (χ1) is 11.3. The average molecular weight is 348 g/mol. The number of hydrogen-bond acceptors (Lipinski definition) is 4. The Morgan fingerprint density at radius 1 is 1.00 bits per heavy atom. The van der Waals surface area contributed by atoms with Crippen LogP contribution in [0.2, 0.25) is 0 Å². The quantitative estimate of drug-likeness (QED) is 0.734. The molecular weight excluding hydrogens is 332 g/mol. The van der Waals surface area contributed by atoms with Crippen molar-refractivity contribution in [3.63, 3.8) is 0 Å². The molecule has 0 atom stereocenters. The van der Waals surface area contributed by atoms with Crippen LogP contribution < -0.4 is 10.0 Å². The highest BCUT2D eigenvalue weighted by molar-refractivity contribution is 7.89. The van der Waals surface area contributed by atoms with Gasteiger partial charge in [0.05, 0.1) is 4.90 Å². The van der Waals surface area contributed by atoms with E-state index in [2.05, 4.69) is 5.32 Å². The van der Waals surface area contributed by atoms with Gasteiger partial charge >= 0.3 is 5.97 Å². The topological polar surface area (TPSA) is 113 Å². The summed E-state index contributed by atoms with van der Waals surface area (Å²) < 4.78 is 25.7. The van der Waals surface area contributed by atoms with Crippen molar-refractivity contribution < 1.29 is 23.1 Å². The summed E-state index contributed by atoms with van der Waals surface area (Å²) >= 11 is 0. The molecule has 0 fully saturated rings. The second-order valence-electron chi connectivity index (χ2n) is 5.06. The molecule has 2 rings (SSSR count). The van der Waals surface area contributed by atoms with Crippen molar-refractivity contribution in [2.45, 2.75) is 11.8 Å². The van der Waals surface area contributed by atoms with Crippen LogP contribution in [-0.4, -0.2) is 31.9 Å². The Balaban J connectivity index is 2.08. The molecule has 3 N–H and O–H groups in total. The van der Waals surface area contributed by atoms with Crippen molar-refractivity contribution in [2.75, 3.05) is 11.9 Å². The Morgan fingerprint density at radius 2 is 1.58 bits per heavy atom. The number of amides is 1. The minimum atomic E-state index is -3.90. The molecule has 0 heterocycles. The van der Waals surface area contributed by atoms with E-state index >= 15 is 0 Å². The zero-order chi connectivity index (χ0) is 17.7. The number of aryl methyl sites for hydroxylation is 1. The van der Waals surface area contributed by atoms with Crippen molar-refractivity contribution in [3.8, 4) is 0 Å². The number of carbonyl (C=O) groups excluding carboxylic acids is 1. The van der Waals surface area contributed by atoms with E-state index < -0.39 is 22.5 Å². The number of aliphatic carboxylic acids is 1.